The number of H-pyrrole nitrogens is 1. The molecular formula is C22H23F2N3O2. The highest BCUT2D eigenvalue weighted by molar-refractivity contribution is 5.91. The predicted octanol–water partition coefficient (Wildman–Crippen LogP) is 3.46. The van der Waals surface area contributed by atoms with Gasteiger partial charge in [0.05, 0.1) is 13.0 Å². The third-order valence-corrected chi connectivity index (χ3v) is 4.88. The second-order valence-electron chi connectivity index (χ2n) is 6.91. The van der Waals surface area contributed by atoms with Crippen LogP contribution in [0.1, 0.15) is 23.7 Å². The maximum absolute atomic E-state index is 13.6. The van der Waals surface area contributed by atoms with Gasteiger partial charge in [-0.15, -0.1) is 0 Å². The van der Waals surface area contributed by atoms with Crippen LogP contribution in [0.15, 0.2) is 42.5 Å². The average molecular weight is 399 g/mol. The Morgan fingerprint density at radius 3 is 2.45 bits per heavy atom. The first-order valence-electron chi connectivity index (χ1n) is 9.43. The van der Waals surface area contributed by atoms with Crippen molar-refractivity contribution in [3.05, 3.63) is 70.9 Å². The number of carbonyl (C=O) groups excluding carboxylic acids is 2. The molecule has 5 nitrogen and oxygen atoms in total. The third-order valence-electron chi connectivity index (χ3n) is 4.88. The lowest BCUT2D eigenvalue weighted by Crippen LogP contribution is -2.41. The number of rotatable bonds is 7. The van der Waals surface area contributed by atoms with E-state index < -0.39 is 0 Å². The molecule has 0 atom stereocenters. The van der Waals surface area contributed by atoms with Crippen LogP contribution in [0.2, 0.25) is 0 Å². The van der Waals surface area contributed by atoms with E-state index in [1.165, 1.54) is 29.2 Å². The van der Waals surface area contributed by atoms with Gasteiger partial charge in [-0.2, -0.15) is 0 Å². The highest BCUT2D eigenvalue weighted by Crippen LogP contribution is 2.24. The molecule has 0 fully saturated rings. The fraction of sp³-hybridized carbons (Fsp3) is 0.273. The van der Waals surface area contributed by atoms with E-state index >= 15 is 0 Å². The van der Waals surface area contributed by atoms with Gasteiger partial charge in [-0.05, 0) is 55.3 Å². The molecule has 0 bridgehead atoms. The number of aryl methyl sites for hydroxylation is 1. The molecule has 29 heavy (non-hydrogen) atoms. The highest BCUT2D eigenvalue weighted by Gasteiger charge is 2.19. The summed E-state index contributed by atoms with van der Waals surface area (Å²) in [6.45, 7) is 4.19. The number of aromatic amines is 1. The minimum absolute atomic E-state index is 0.0771. The molecule has 2 N–H and O–H groups in total. The second kappa shape index (κ2) is 8.86. The molecule has 0 radical (unpaired) electrons. The number of hydrogen-bond donors (Lipinski definition) is 2. The SMILES string of the molecule is CCN(CC(=O)NCc1ccc(F)cc1)C(=O)Cc1c(C)[nH]c2ccc(F)cc12. The molecule has 0 aliphatic heterocycles. The zero-order chi connectivity index (χ0) is 21.0. The molecule has 152 valence electrons. The summed E-state index contributed by atoms with van der Waals surface area (Å²) < 4.78 is 26.6. The van der Waals surface area contributed by atoms with Crippen molar-refractivity contribution in [1.29, 1.82) is 0 Å². The molecule has 0 unspecified atom stereocenters. The molecule has 3 aromatic rings. The molecule has 0 aliphatic rings. The standard InChI is InChI=1S/C22H23F2N3O2/c1-3-27(13-21(28)25-12-15-4-6-16(23)7-5-15)22(29)11-18-14(2)26-20-9-8-17(24)10-19(18)20/h4-10,26H,3,11-13H2,1-2H3,(H,25,28). The van der Waals surface area contributed by atoms with Gasteiger partial charge in [0.2, 0.25) is 11.8 Å². The van der Waals surface area contributed by atoms with E-state index in [0.29, 0.717) is 11.9 Å². The van der Waals surface area contributed by atoms with Crippen LogP contribution < -0.4 is 5.32 Å². The molecule has 0 spiro atoms. The first-order valence-corrected chi connectivity index (χ1v) is 9.43. The van der Waals surface area contributed by atoms with E-state index in [4.69, 9.17) is 0 Å². The molecular weight excluding hydrogens is 376 g/mol. The number of aromatic nitrogens is 1. The maximum atomic E-state index is 13.6. The molecule has 2 amide bonds. The van der Waals surface area contributed by atoms with Crippen LogP contribution >= 0.6 is 0 Å². The van der Waals surface area contributed by atoms with Crippen molar-refractivity contribution in [3.8, 4) is 0 Å². The summed E-state index contributed by atoms with van der Waals surface area (Å²) in [6, 6.07) is 10.3. The Bertz CT molecular complexity index is 1030. The van der Waals surface area contributed by atoms with Crippen LogP contribution in [0.4, 0.5) is 8.78 Å². The molecule has 2 aromatic carbocycles. The van der Waals surface area contributed by atoms with E-state index in [0.717, 1.165) is 22.3 Å². The van der Waals surface area contributed by atoms with Crippen LogP contribution in [0.25, 0.3) is 10.9 Å². The van der Waals surface area contributed by atoms with Gasteiger partial charge in [0, 0.05) is 29.7 Å². The Labute approximate surface area is 167 Å². The summed E-state index contributed by atoms with van der Waals surface area (Å²) in [7, 11) is 0. The number of fused-ring (bicyclic) bond motifs is 1. The normalized spacial score (nSPS) is 10.9. The van der Waals surface area contributed by atoms with Gasteiger partial charge in [0.1, 0.15) is 11.6 Å². The Balaban J connectivity index is 1.63. The molecule has 0 saturated carbocycles. The van der Waals surface area contributed by atoms with E-state index in [2.05, 4.69) is 10.3 Å². The number of amides is 2. The summed E-state index contributed by atoms with van der Waals surface area (Å²) in [6.07, 6.45) is 0.0777. The molecule has 3 rings (SSSR count). The summed E-state index contributed by atoms with van der Waals surface area (Å²) in [5, 5.41) is 3.41. The van der Waals surface area contributed by atoms with Gasteiger partial charge in [0.15, 0.2) is 0 Å². The van der Waals surface area contributed by atoms with Gasteiger partial charge >= 0.3 is 0 Å². The predicted molar refractivity (Wildman–Crippen MR) is 107 cm³/mol. The van der Waals surface area contributed by atoms with Crippen molar-refractivity contribution >= 4 is 22.7 Å². The molecule has 1 aromatic heterocycles. The second-order valence-corrected chi connectivity index (χ2v) is 6.91. The third kappa shape index (κ3) is 4.99. The highest BCUT2D eigenvalue weighted by atomic mass is 19.1. The molecule has 1 heterocycles. The van der Waals surface area contributed by atoms with Crippen LogP contribution in [-0.2, 0) is 22.6 Å². The molecule has 0 saturated heterocycles. The number of benzene rings is 2. The van der Waals surface area contributed by atoms with E-state index in [-0.39, 0.29) is 43.0 Å². The number of nitrogens with zero attached hydrogens (tertiary/aromatic N) is 1. The number of nitrogens with one attached hydrogen (secondary N) is 2. The summed E-state index contributed by atoms with van der Waals surface area (Å²) in [4.78, 5) is 29.6. The topological polar surface area (TPSA) is 65.2 Å². The van der Waals surface area contributed by atoms with Gasteiger partial charge in [0.25, 0.3) is 0 Å². The van der Waals surface area contributed by atoms with E-state index in [1.54, 1.807) is 25.1 Å². The Morgan fingerprint density at radius 1 is 1.07 bits per heavy atom. The fourth-order valence-corrected chi connectivity index (χ4v) is 3.25. The largest absolute Gasteiger partial charge is 0.358 e. The maximum Gasteiger partial charge on any atom is 0.239 e. The summed E-state index contributed by atoms with van der Waals surface area (Å²) in [5.74, 6) is -1.21. The first-order chi connectivity index (χ1) is 13.9. The quantitative estimate of drug-likeness (QED) is 0.639. The van der Waals surface area contributed by atoms with Gasteiger partial charge in [-0.1, -0.05) is 12.1 Å². The Kier molecular flexibility index (Phi) is 6.26. The van der Waals surface area contributed by atoms with Crippen molar-refractivity contribution < 1.29 is 18.4 Å². The van der Waals surface area contributed by atoms with Crippen LogP contribution in [0.5, 0.6) is 0 Å². The van der Waals surface area contributed by atoms with Crippen LogP contribution in [-0.4, -0.2) is 34.8 Å². The number of hydrogen-bond acceptors (Lipinski definition) is 2. The van der Waals surface area contributed by atoms with Gasteiger partial charge in [-0.25, -0.2) is 8.78 Å². The van der Waals surface area contributed by atoms with E-state index in [9.17, 15) is 18.4 Å². The van der Waals surface area contributed by atoms with Crippen LogP contribution in [0, 0.1) is 18.6 Å². The zero-order valence-corrected chi connectivity index (χ0v) is 16.4. The summed E-state index contributed by atoms with van der Waals surface area (Å²) in [5.41, 5.74) is 3.07. The average Bonchev–Trinajstić information content (AvgIpc) is 3.00. The van der Waals surface area contributed by atoms with Crippen molar-refractivity contribution in [2.75, 3.05) is 13.1 Å². The number of halogens is 2. The van der Waals surface area contributed by atoms with Crippen LogP contribution in [0.3, 0.4) is 0 Å². The van der Waals surface area contributed by atoms with Gasteiger partial charge < -0.3 is 15.2 Å². The summed E-state index contributed by atoms with van der Waals surface area (Å²) >= 11 is 0. The monoisotopic (exact) mass is 399 g/mol. The molecule has 7 heteroatoms. The lowest BCUT2D eigenvalue weighted by molar-refractivity contribution is -0.135. The Morgan fingerprint density at radius 2 is 1.76 bits per heavy atom. The van der Waals surface area contributed by atoms with E-state index in [1.807, 2.05) is 6.92 Å². The van der Waals surface area contributed by atoms with Gasteiger partial charge in [-0.3, -0.25) is 9.59 Å². The van der Waals surface area contributed by atoms with Crippen molar-refractivity contribution in [3.63, 3.8) is 0 Å². The smallest absolute Gasteiger partial charge is 0.239 e. The van der Waals surface area contributed by atoms with Crippen molar-refractivity contribution in [2.45, 2.75) is 26.8 Å². The zero-order valence-electron chi connectivity index (χ0n) is 16.4. The lowest BCUT2D eigenvalue weighted by atomic mass is 10.1. The van der Waals surface area contributed by atoms with Crippen molar-refractivity contribution in [2.24, 2.45) is 0 Å². The Hall–Kier alpha value is -3.22. The minimum atomic E-state index is -0.363. The lowest BCUT2D eigenvalue weighted by Gasteiger charge is -2.20. The number of carbonyl (C=O) groups is 2. The van der Waals surface area contributed by atoms with Crippen molar-refractivity contribution in [1.82, 2.24) is 15.2 Å². The number of likely N-dealkylation sites (N-methyl/N-ethyl adjacent to an activating group) is 1. The molecule has 0 aliphatic carbocycles. The fourth-order valence-electron chi connectivity index (χ4n) is 3.25. The first kappa shape index (κ1) is 20.5. The minimum Gasteiger partial charge on any atom is -0.358 e.